The number of nitrogens with one attached hydrogen (secondary N) is 3. The molecule has 1 heterocycles. The summed E-state index contributed by atoms with van der Waals surface area (Å²) in [5.74, 6) is 0.759. The van der Waals surface area contributed by atoms with Crippen LogP contribution < -0.4 is 16.0 Å². The van der Waals surface area contributed by atoms with Crippen LogP contribution in [-0.2, 0) is 4.79 Å². The molecule has 3 N–H and O–H groups in total. The first-order valence-corrected chi connectivity index (χ1v) is 5.73. The number of carbonyl (C=O) groups is 1. The van der Waals surface area contributed by atoms with Crippen LogP contribution in [0.15, 0.2) is 18.3 Å². The normalized spacial score (nSPS) is 12.1. The zero-order valence-corrected chi connectivity index (χ0v) is 10.7. The van der Waals surface area contributed by atoms with Crippen molar-refractivity contribution in [1.29, 1.82) is 0 Å². The van der Waals surface area contributed by atoms with Crippen molar-refractivity contribution in [2.45, 2.75) is 32.9 Å². The fraction of sp³-hybridized carbons (Fsp3) is 0.500. The standard InChI is InChI=1S/C12H20N4O/c1-8(2)15-12(17)9(3)16-10-5-6-14-11(7-10)13-4/h5-9H,1-4H3,(H,15,17)(H2,13,14,16). The van der Waals surface area contributed by atoms with E-state index in [0.717, 1.165) is 11.5 Å². The van der Waals surface area contributed by atoms with Gasteiger partial charge < -0.3 is 16.0 Å². The van der Waals surface area contributed by atoms with Gasteiger partial charge in [-0.1, -0.05) is 0 Å². The highest BCUT2D eigenvalue weighted by Gasteiger charge is 2.13. The van der Waals surface area contributed by atoms with Gasteiger partial charge >= 0.3 is 0 Å². The van der Waals surface area contributed by atoms with Crippen molar-refractivity contribution in [1.82, 2.24) is 10.3 Å². The molecular formula is C12H20N4O. The molecule has 1 rings (SSSR count). The van der Waals surface area contributed by atoms with Crippen LogP contribution in [-0.4, -0.2) is 30.0 Å². The lowest BCUT2D eigenvalue weighted by Crippen LogP contribution is -2.40. The summed E-state index contributed by atoms with van der Waals surface area (Å²) in [5, 5.41) is 8.94. The van der Waals surface area contributed by atoms with E-state index in [4.69, 9.17) is 0 Å². The van der Waals surface area contributed by atoms with Crippen molar-refractivity contribution >= 4 is 17.4 Å². The van der Waals surface area contributed by atoms with Crippen molar-refractivity contribution in [3.05, 3.63) is 18.3 Å². The van der Waals surface area contributed by atoms with Gasteiger partial charge in [0.25, 0.3) is 0 Å². The Bertz CT molecular complexity index is 379. The van der Waals surface area contributed by atoms with Gasteiger partial charge in [0.1, 0.15) is 11.9 Å². The molecule has 5 nitrogen and oxygen atoms in total. The number of hydrogen-bond acceptors (Lipinski definition) is 4. The largest absolute Gasteiger partial charge is 0.374 e. The number of anilines is 2. The van der Waals surface area contributed by atoms with Crippen LogP contribution in [0.3, 0.4) is 0 Å². The summed E-state index contributed by atoms with van der Waals surface area (Å²) in [4.78, 5) is 15.8. The van der Waals surface area contributed by atoms with Crippen LogP contribution in [0.25, 0.3) is 0 Å². The topological polar surface area (TPSA) is 66.0 Å². The number of hydrogen-bond donors (Lipinski definition) is 3. The van der Waals surface area contributed by atoms with Crippen LogP contribution >= 0.6 is 0 Å². The number of pyridine rings is 1. The van der Waals surface area contributed by atoms with Gasteiger partial charge in [0.2, 0.25) is 5.91 Å². The highest BCUT2D eigenvalue weighted by atomic mass is 16.2. The molecule has 0 spiro atoms. The van der Waals surface area contributed by atoms with E-state index in [-0.39, 0.29) is 18.0 Å². The third kappa shape index (κ3) is 4.30. The van der Waals surface area contributed by atoms with E-state index in [9.17, 15) is 4.79 Å². The van der Waals surface area contributed by atoms with Crippen molar-refractivity contribution in [3.8, 4) is 0 Å². The maximum Gasteiger partial charge on any atom is 0.242 e. The van der Waals surface area contributed by atoms with Gasteiger partial charge in [-0.25, -0.2) is 4.98 Å². The molecule has 0 aromatic carbocycles. The summed E-state index contributed by atoms with van der Waals surface area (Å²) < 4.78 is 0. The Kier molecular flexibility index (Phi) is 4.75. The van der Waals surface area contributed by atoms with E-state index in [2.05, 4.69) is 20.9 Å². The van der Waals surface area contributed by atoms with Crippen LogP contribution in [0.4, 0.5) is 11.5 Å². The monoisotopic (exact) mass is 236 g/mol. The minimum absolute atomic E-state index is 0.0113. The van der Waals surface area contributed by atoms with E-state index in [0.29, 0.717) is 0 Å². The maximum atomic E-state index is 11.7. The quantitative estimate of drug-likeness (QED) is 0.724. The van der Waals surface area contributed by atoms with Crippen LogP contribution in [0.1, 0.15) is 20.8 Å². The van der Waals surface area contributed by atoms with Crippen molar-refractivity contribution in [2.75, 3.05) is 17.7 Å². The first-order chi connectivity index (χ1) is 8.02. The summed E-state index contributed by atoms with van der Waals surface area (Å²) in [6.07, 6.45) is 1.70. The Labute approximate surface area is 102 Å². The fourth-order valence-electron chi connectivity index (χ4n) is 1.38. The first-order valence-electron chi connectivity index (χ1n) is 5.73. The van der Waals surface area contributed by atoms with Gasteiger partial charge in [0.15, 0.2) is 0 Å². The predicted molar refractivity (Wildman–Crippen MR) is 70.1 cm³/mol. The highest BCUT2D eigenvalue weighted by Crippen LogP contribution is 2.12. The Morgan fingerprint density at radius 2 is 2.06 bits per heavy atom. The molecule has 0 aliphatic rings. The lowest BCUT2D eigenvalue weighted by Gasteiger charge is -2.17. The van der Waals surface area contributed by atoms with Crippen molar-refractivity contribution in [3.63, 3.8) is 0 Å². The Morgan fingerprint density at radius 1 is 1.35 bits per heavy atom. The second kappa shape index (κ2) is 6.08. The summed E-state index contributed by atoms with van der Waals surface area (Å²) in [5.41, 5.74) is 0.871. The molecule has 5 heteroatoms. The molecule has 1 aromatic heterocycles. The maximum absolute atomic E-state index is 11.7. The van der Waals surface area contributed by atoms with Gasteiger partial charge in [-0.3, -0.25) is 4.79 Å². The molecule has 0 saturated carbocycles. The summed E-state index contributed by atoms with van der Waals surface area (Å²) in [7, 11) is 1.81. The van der Waals surface area contributed by atoms with E-state index in [1.165, 1.54) is 0 Å². The lowest BCUT2D eigenvalue weighted by molar-refractivity contribution is -0.122. The number of amides is 1. The fourth-order valence-corrected chi connectivity index (χ4v) is 1.38. The molecule has 17 heavy (non-hydrogen) atoms. The second-order valence-corrected chi connectivity index (χ2v) is 4.21. The SMILES string of the molecule is CNc1cc(NC(C)C(=O)NC(C)C)ccn1. The average Bonchev–Trinajstić information content (AvgIpc) is 2.28. The van der Waals surface area contributed by atoms with E-state index in [1.807, 2.05) is 32.9 Å². The van der Waals surface area contributed by atoms with Crippen molar-refractivity contribution < 1.29 is 4.79 Å². The van der Waals surface area contributed by atoms with Gasteiger partial charge in [-0.2, -0.15) is 0 Å². The van der Waals surface area contributed by atoms with E-state index >= 15 is 0 Å². The molecule has 0 radical (unpaired) electrons. The molecule has 0 bridgehead atoms. The average molecular weight is 236 g/mol. The van der Waals surface area contributed by atoms with Gasteiger partial charge in [0, 0.05) is 31.0 Å². The summed E-state index contributed by atoms with van der Waals surface area (Å²) >= 11 is 0. The van der Waals surface area contributed by atoms with Gasteiger partial charge in [-0.15, -0.1) is 0 Å². The number of aromatic nitrogens is 1. The third-order valence-electron chi connectivity index (χ3n) is 2.22. The molecule has 0 fully saturated rings. The molecule has 0 aliphatic heterocycles. The first kappa shape index (κ1) is 13.3. The Hall–Kier alpha value is -1.78. The zero-order valence-electron chi connectivity index (χ0n) is 10.7. The Morgan fingerprint density at radius 3 is 2.65 bits per heavy atom. The number of nitrogens with zero attached hydrogens (tertiary/aromatic N) is 1. The minimum atomic E-state index is -0.274. The number of rotatable bonds is 5. The second-order valence-electron chi connectivity index (χ2n) is 4.21. The van der Waals surface area contributed by atoms with Crippen molar-refractivity contribution in [2.24, 2.45) is 0 Å². The molecule has 1 amide bonds. The molecule has 1 unspecified atom stereocenters. The molecule has 94 valence electrons. The third-order valence-corrected chi connectivity index (χ3v) is 2.22. The summed E-state index contributed by atoms with van der Waals surface area (Å²) in [6.45, 7) is 5.71. The predicted octanol–water partition coefficient (Wildman–Crippen LogP) is 1.45. The molecule has 1 aromatic rings. The molecule has 0 saturated heterocycles. The Balaban J connectivity index is 2.60. The van der Waals surface area contributed by atoms with E-state index < -0.39 is 0 Å². The minimum Gasteiger partial charge on any atom is -0.374 e. The molecule has 0 aliphatic carbocycles. The van der Waals surface area contributed by atoms with E-state index in [1.54, 1.807) is 13.2 Å². The van der Waals surface area contributed by atoms with Crippen LogP contribution in [0, 0.1) is 0 Å². The van der Waals surface area contributed by atoms with Gasteiger partial charge in [0.05, 0.1) is 0 Å². The number of carbonyl (C=O) groups excluding carboxylic acids is 1. The smallest absolute Gasteiger partial charge is 0.242 e. The lowest BCUT2D eigenvalue weighted by atomic mass is 10.2. The molecule has 1 atom stereocenters. The van der Waals surface area contributed by atoms with Crippen LogP contribution in [0.2, 0.25) is 0 Å². The summed E-state index contributed by atoms with van der Waals surface area (Å²) in [6, 6.07) is 3.57. The van der Waals surface area contributed by atoms with Crippen LogP contribution in [0.5, 0.6) is 0 Å². The zero-order chi connectivity index (χ0) is 12.8. The highest BCUT2D eigenvalue weighted by molar-refractivity contribution is 5.84. The van der Waals surface area contributed by atoms with Gasteiger partial charge in [-0.05, 0) is 26.8 Å². The molecular weight excluding hydrogens is 216 g/mol.